The van der Waals surface area contributed by atoms with E-state index in [0.29, 0.717) is 0 Å². The summed E-state index contributed by atoms with van der Waals surface area (Å²) in [5, 5.41) is 35.7. The first-order valence-corrected chi connectivity index (χ1v) is 4.26. The summed E-state index contributed by atoms with van der Waals surface area (Å²) in [7, 11) is 0. The lowest BCUT2D eigenvalue weighted by Crippen LogP contribution is -2.44. The third-order valence-corrected chi connectivity index (χ3v) is 1.56. The van der Waals surface area contributed by atoms with Gasteiger partial charge < -0.3 is 25.2 Å². The molecule has 80 valence electrons. The molecule has 0 rings (SSSR count). The van der Waals surface area contributed by atoms with E-state index in [4.69, 9.17) is 14.9 Å². The van der Waals surface area contributed by atoms with Gasteiger partial charge in [-0.1, -0.05) is 0 Å². The van der Waals surface area contributed by atoms with Gasteiger partial charge in [-0.25, -0.2) is 0 Å². The van der Waals surface area contributed by atoms with E-state index >= 15 is 0 Å². The van der Waals surface area contributed by atoms with Crippen molar-refractivity contribution in [3.8, 4) is 0 Å². The predicted octanol–water partition coefficient (Wildman–Crippen LogP) is -1.51. The van der Waals surface area contributed by atoms with Crippen molar-refractivity contribution in [1.29, 1.82) is 0 Å². The van der Waals surface area contributed by atoms with Crippen molar-refractivity contribution in [3.63, 3.8) is 0 Å². The second-order valence-electron chi connectivity index (χ2n) is 3.15. The van der Waals surface area contributed by atoms with Crippen LogP contribution in [0.3, 0.4) is 0 Å². The molecule has 0 aliphatic heterocycles. The molecule has 0 spiro atoms. The zero-order valence-corrected chi connectivity index (χ0v) is 7.92. The Balaban J connectivity index is 4.17. The van der Waals surface area contributed by atoms with Crippen LogP contribution in [0.1, 0.15) is 13.8 Å². The van der Waals surface area contributed by atoms with Crippen LogP contribution < -0.4 is 0 Å². The van der Waals surface area contributed by atoms with Gasteiger partial charge in [-0.3, -0.25) is 0 Å². The number of rotatable bonds is 6. The number of aliphatic hydroxyl groups excluding tert-OH is 4. The lowest BCUT2D eigenvalue weighted by atomic mass is 10.1. The number of ether oxygens (including phenoxy) is 1. The molecular formula is C8H18O5. The van der Waals surface area contributed by atoms with Crippen LogP contribution in [0.15, 0.2) is 0 Å². The lowest BCUT2D eigenvalue weighted by molar-refractivity contribution is -0.140. The molecule has 0 radical (unpaired) electrons. The molecule has 4 N–H and O–H groups in total. The monoisotopic (exact) mass is 194 g/mol. The number of hydrogen-bond donors (Lipinski definition) is 4. The van der Waals surface area contributed by atoms with Gasteiger partial charge in [0.05, 0.1) is 19.3 Å². The van der Waals surface area contributed by atoms with Crippen molar-refractivity contribution < 1.29 is 25.2 Å². The minimum absolute atomic E-state index is 0.188. The third-order valence-electron chi connectivity index (χ3n) is 1.56. The maximum Gasteiger partial charge on any atom is 0.114 e. The van der Waals surface area contributed by atoms with Crippen LogP contribution in [0.2, 0.25) is 0 Å². The van der Waals surface area contributed by atoms with Crippen LogP contribution in [0.25, 0.3) is 0 Å². The van der Waals surface area contributed by atoms with Crippen molar-refractivity contribution >= 4 is 0 Å². The summed E-state index contributed by atoms with van der Waals surface area (Å²) < 4.78 is 5.14. The highest BCUT2D eigenvalue weighted by Crippen LogP contribution is 2.08. The Kier molecular flexibility index (Phi) is 6.19. The Labute approximate surface area is 77.6 Å². The fourth-order valence-electron chi connectivity index (χ4n) is 0.960. The Morgan fingerprint density at radius 1 is 1.00 bits per heavy atom. The summed E-state index contributed by atoms with van der Waals surface area (Å²) in [5.74, 6) is 0. The predicted molar refractivity (Wildman–Crippen MR) is 46.2 cm³/mol. The van der Waals surface area contributed by atoms with Crippen molar-refractivity contribution in [3.05, 3.63) is 0 Å². The van der Waals surface area contributed by atoms with E-state index in [1.165, 1.54) is 0 Å². The molecule has 2 unspecified atom stereocenters. The van der Waals surface area contributed by atoms with Crippen LogP contribution in [0.4, 0.5) is 0 Å². The Hall–Kier alpha value is -0.200. The highest BCUT2D eigenvalue weighted by atomic mass is 16.5. The summed E-state index contributed by atoms with van der Waals surface area (Å²) >= 11 is 0. The SMILES string of the molecule is CC(C)OC(C(O)CO)C(O)CO. The molecule has 0 aromatic carbocycles. The normalized spacial score (nSPS) is 18.7. The molecule has 2 atom stereocenters. The lowest BCUT2D eigenvalue weighted by Gasteiger charge is -2.27. The zero-order chi connectivity index (χ0) is 10.4. The summed E-state index contributed by atoms with van der Waals surface area (Å²) in [6, 6.07) is 0. The largest absolute Gasteiger partial charge is 0.394 e. The summed E-state index contributed by atoms with van der Waals surface area (Å²) in [4.78, 5) is 0. The molecule has 0 saturated carbocycles. The highest BCUT2D eigenvalue weighted by Gasteiger charge is 2.27. The van der Waals surface area contributed by atoms with E-state index in [1.54, 1.807) is 13.8 Å². The fourth-order valence-corrected chi connectivity index (χ4v) is 0.960. The molecule has 0 aromatic heterocycles. The van der Waals surface area contributed by atoms with Gasteiger partial charge in [0.2, 0.25) is 0 Å². The molecule has 0 aliphatic carbocycles. The molecule has 0 heterocycles. The van der Waals surface area contributed by atoms with Crippen LogP contribution in [0, 0.1) is 0 Å². The summed E-state index contributed by atoms with van der Waals surface area (Å²) in [5.41, 5.74) is 0. The minimum atomic E-state index is -1.18. The van der Waals surface area contributed by atoms with Gasteiger partial charge in [-0.2, -0.15) is 0 Å². The van der Waals surface area contributed by atoms with Gasteiger partial charge in [0, 0.05) is 0 Å². The molecule has 0 fully saturated rings. The Morgan fingerprint density at radius 3 is 1.62 bits per heavy atom. The average Bonchev–Trinajstić information content (AvgIpc) is 2.11. The summed E-state index contributed by atoms with van der Waals surface area (Å²) in [6.07, 6.45) is -3.49. The zero-order valence-electron chi connectivity index (χ0n) is 7.92. The Bertz CT molecular complexity index is 118. The van der Waals surface area contributed by atoms with Crippen LogP contribution in [0.5, 0.6) is 0 Å². The highest BCUT2D eigenvalue weighted by molar-refractivity contribution is 4.76. The first-order chi connectivity index (χ1) is 6.02. The van der Waals surface area contributed by atoms with Crippen molar-refractivity contribution in [2.45, 2.75) is 38.3 Å². The smallest absolute Gasteiger partial charge is 0.114 e. The second-order valence-corrected chi connectivity index (χ2v) is 3.15. The maximum absolute atomic E-state index is 9.22. The van der Waals surface area contributed by atoms with Gasteiger partial charge in [0.1, 0.15) is 18.3 Å². The molecule has 5 nitrogen and oxygen atoms in total. The van der Waals surface area contributed by atoms with E-state index in [9.17, 15) is 10.2 Å². The number of hydrogen-bond acceptors (Lipinski definition) is 5. The van der Waals surface area contributed by atoms with E-state index in [2.05, 4.69) is 0 Å². The molecule has 0 aliphatic rings. The van der Waals surface area contributed by atoms with Gasteiger partial charge in [0.15, 0.2) is 0 Å². The van der Waals surface area contributed by atoms with E-state index in [1.807, 2.05) is 0 Å². The molecule has 0 amide bonds. The first-order valence-electron chi connectivity index (χ1n) is 4.26. The standard InChI is InChI=1S/C8H18O5/c1-5(2)13-8(6(11)3-9)7(12)4-10/h5-12H,3-4H2,1-2H3. The van der Waals surface area contributed by atoms with Crippen LogP contribution in [-0.2, 0) is 4.74 Å². The van der Waals surface area contributed by atoms with Crippen molar-refractivity contribution in [2.75, 3.05) is 13.2 Å². The first kappa shape index (κ1) is 12.8. The third kappa shape index (κ3) is 4.54. The molecule has 13 heavy (non-hydrogen) atoms. The van der Waals surface area contributed by atoms with Crippen molar-refractivity contribution in [1.82, 2.24) is 0 Å². The van der Waals surface area contributed by atoms with Gasteiger partial charge in [-0.15, -0.1) is 0 Å². The van der Waals surface area contributed by atoms with Crippen LogP contribution in [-0.4, -0.2) is 58.1 Å². The van der Waals surface area contributed by atoms with E-state index in [0.717, 1.165) is 0 Å². The number of aliphatic hydroxyl groups is 4. The molecule has 5 heteroatoms. The molecule has 0 saturated heterocycles. The Morgan fingerprint density at radius 2 is 1.38 bits per heavy atom. The second kappa shape index (κ2) is 6.28. The molecular weight excluding hydrogens is 176 g/mol. The topological polar surface area (TPSA) is 90.2 Å². The van der Waals surface area contributed by atoms with Crippen molar-refractivity contribution in [2.24, 2.45) is 0 Å². The molecule has 0 bridgehead atoms. The minimum Gasteiger partial charge on any atom is -0.394 e. The fraction of sp³-hybridized carbons (Fsp3) is 1.00. The van der Waals surface area contributed by atoms with E-state index < -0.39 is 31.5 Å². The van der Waals surface area contributed by atoms with Gasteiger partial charge in [0.25, 0.3) is 0 Å². The van der Waals surface area contributed by atoms with Gasteiger partial charge >= 0.3 is 0 Å². The summed E-state index contributed by atoms with van der Waals surface area (Å²) in [6.45, 7) is 2.46. The van der Waals surface area contributed by atoms with E-state index in [-0.39, 0.29) is 6.10 Å². The molecule has 0 aromatic rings. The van der Waals surface area contributed by atoms with Crippen LogP contribution >= 0.6 is 0 Å². The van der Waals surface area contributed by atoms with Gasteiger partial charge in [-0.05, 0) is 13.8 Å². The maximum atomic E-state index is 9.22. The average molecular weight is 194 g/mol. The quantitative estimate of drug-likeness (QED) is 0.412.